The minimum atomic E-state index is -2.82. The number of fused-ring (bicyclic) bond motifs is 2. The summed E-state index contributed by atoms with van der Waals surface area (Å²) in [6, 6.07) is 0. The number of aliphatic hydroxyl groups excluding tert-OH is 1. The maximum absolute atomic E-state index is 11.6. The van der Waals surface area contributed by atoms with Crippen molar-refractivity contribution in [1.29, 1.82) is 1.43 Å². The van der Waals surface area contributed by atoms with Crippen molar-refractivity contribution in [2.75, 3.05) is 13.0 Å². The molecule has 6 nitrogen and oxygen atoms in total. The molecule has 8 heteroatoms. The average molecular weight is 332 g/mol. The number of carbonyl (C=O) groups excluding carboxylic acids is 2. The molecule has 1 aliphatic carbocycles. The third kappa shape index (κ3) is 4.28. The molecule has 0 aromatic rings. The Morgan fingerprint density at radius 2 is 1.86 bits per heavy atom. The van der Waals surface area contributed by atoms with Gasteiger partial charge in [0.2, 0.25) is 1.43 Å². The number of carboxylic acids is 2. The predicted molar refractivity (Wildman–Crippen MR) is 65.8 cm³/mol. The third-order valence-corrected chi connectivity index (χ3v) is 4.60. The number of carboxylic acid groups (broad SMARTS) is 2. The number of piperidine rings is 1. The number of rotatable bonds is 4. The van der Waals surface area contributed by atoms with E-state index in [0.717, 1.165) is 4.90 Å². The summed E-state index contributed by atoms with van der Waals surface area (Å²) in [4.78, 5) is 23.7. The van der Waals surface area contributed by atoms with Gasteiger partial charge in [-0.25, -0.2) is 0 Å². The molecule has 2 bridgehead atoms. The van der Waals surface area contributed by atoms with Crippen LogP contribution in [0.25, 0.3) is 0 Å². The Balaban J connectivity index is 0.00000288. The molecule has 1 saturated heterocycles. The summed E-state index contributed by atoms with van der Waals surface area (Å²) in [5.41, 5.74) is -2.68. The molecule has 0 amide bonds. The fraction of sp³-hybridized carbons (Fsp3) is 0.857. The van der Waals surface area contributed by atoms with E-state index >= 15 is 0 Å². The van der Waals surface area contributed by atoms with E-state index in [1.807, 2.05) is 0 Å². The Morgan fingerprint density at radius 1 is 1.27 bits per heavy atom. The Kier molecular flexibility index (Phi) is 5.94. The Morgan fingerprint density at radius 3 is 2.32 bits per heavy atom. The fourth-order valence-electron chi connectivity index (χ4n) is 4.51. The standard InChI is InChI=1S/C14H23NO5.2Na/c1-12-5-13(2,7-14(3,6-12)11(19)20)10(18)15(8-12)4-9(16)17;;/h10,18H,4-8H2,1-3H3,(H,16,17)(H,19,20);;/q;2*+1/p-2/t10-,12+,13-,14+;;/m0../s1/i4D2,18D;;. The van der Waals surface area contributed by atoms with E-state index in [2.05, 4.69) is 5.11 Å². The number of hydrogen-bond acceptors (Lipinski definition) is 6. The van der Waals surface area contributed by atoms with Gasteiger partial charge in [0.25, 0.3) is 0 Å². The SMILES string of the molecule is [2H]O[C@@H]1N(C([2H])([2H])C(=O)[O-])C[C@@]2(C)C[C@@](C)(C(=O)[O-])C[C@]1(C)C2.[Na+].[Na+]. The molecular formula is C14H21NNa2O5. The van der Waals surface area contributed by atoms with Crippen molar-refractivity contribution in [2.24, 2.45) is 16.2 Å². The first-order valence-electron chi connectivity index (χ1n) is 8.02. The first kappa shape index (κ1) is 17.7. The van der Waals surface area contributed by atoms with Gasteiger partial charge in [0.1, 0.15) is 6.23 Å². The van der Waals surface area contributed by atoms with Crippen LogP contribution in [0.2, 0.25) is 0 Å². The Bertz CT molecular complexity index is 555. The van der Waals surface area contributed by atoms with Gasteiger partial charge in [0.15, 0.2) is 0 Å². The van der Waals surface area contributed by atoms with Crippen LogP contribution in [0, 0.1) is 16.2 Å². The van der Waals surface area contributed by atoms with E-state index in [1.54, 1.807) is 20.8 Å². The van der Waals surface area contributed by atoms with Gasteiger partial charge in [-0.2, -0.15) is 0 Å². The first-order valence-corrected chi connectivity index (χ1v) is 6.61. The van der Waals surface area contributed by atoms with Crippen molar-refractivity contribution in [3.05, 3.63) is 0 Å². The first-order chi connectivity index (χ1) is 10.3. The van der Waals surface area contributed by atoms with Crippen LogP contribution in [-0.4, -0.2) is 42.6 Å². The Labute approximate surface area is 179 Å². The number of hydrogen-bond donors (Lipinski definition) is 1. The van der Waals surface area contributed by atoms with Gasteiger partial charge in [-0.05, 0) is 24.7 Å². The molecule has 1 aliphatic heterocycles. The molecule has 0 unspecified atom stereocenters. The van der Waals surface area contributed by atoms with Crippen LogP contribution in [0.3, 0.4) is 0 Å². The van der Waals surface area contributed by atoms with E-state index in [0.29, 0.717) is 6.42 Å². The van der Waals surface area contributed by atoms with Gasteiger partial charge in [-0.3, -0.25) is 4.90 Å². The number of nitrogens with zero attached hydrogens (tertiary/aromatic N) is 1. The molecule has 0 aromatic carbocycles. The second-order valence-electron chi connectivity index (χ2n) is 7.22. The number of aliphatic hydroxyl groups is 1. The molecule has 0 spiro atoms. The van der Waals surface area contributed by atoms with Crippen molar-refractivity contribution in [1.82, 2.24) is 4.90 Å². The molecule has 1 saturated carbocycles. The van der Waals surface area contributed by atoms with Crippen molar-refractivity contribution in [3.63, 3.8) is 0 Å². The topological polar surface area (TPSA) is 104 Å². The van der Waals surface area contributed by atoms with Crippen LogP contribution >= 0.6 is 0 Å². The molecule has 2 fully saturated rings. The summed E-state index contributed by atoms with van der Waals surface area (Å²) in [5.74, 6) is -3.11. The molecule has 1 N–H and O–H groups in total. The van der Waals surface area contributed by atoms with Crippen molar-refractivity contribution >= 4 is 11.9 Å². The average Bonchev–Trinajstić information content (AvgIpc) is 2.35. The van der Waals surface area contributed by atoms with Gasteiger partial charge in [-0.1, -0.05) is 20.8 Å². The maximum Gasteiger partial charge on any atom is 1.00 e. The van der Waals surface area contributed by atoms with Gasteiger partial charge < -0.3 is 24.9 Å². The van der Waals surface area contributed by atoms with Gasteiger partial charge in [0, 0.05) is 32.6 Å². The molecule has 1 heterocycles. The quantitative estimate of drug-likeness (QED) is 0.513. The summed E-state index contributed by atoms with van der Waals surface area (Å²) in [7, 11) is 0. The molecule has 114 valence electrons. The van der Waals surface area contributed by atoms with E-state index < -0.39 is 40.9 Å². The number of likely N-dealkylation sites (tertiary alicyclic amines) is 1. The van der Waals surface area contributed by atoms with Crippen LogP contribution < -0.4 is 69.3 Å². The minimum Gasteiger partial charge on any atom is -0.550 e. The minimum absolute atomic E-state index is 0. The summed E-state index contributed by atoms with van der Waals surface area (Å²) in [5, 5.41) is 27.5. The summed E-state index contributed by atoms with van der Waals surface area (Å²) in [6.07, 6.45) is -0.336. The van der Waals surface area contributed by atoms with Crippen LogP contribution in [0.5, 0.6) is 0 Å². The van der Waals surface area contributed by atoms with E-state index in [9.17, 15) is 19.8 Å². The maximum atomic E-state index is 11.6. The Hall–Kier alpha value is 0.860. The fourth-order valence-corrected chi connectivity index (χ4v) is 4.51. The summed E-state index contributed by atoms with van der Waals surface area (Å²) < 4.78 is 22.9. The smallest absolute Gasteiger partial charge is 0.550 e. The van der Waals surface area contributed by atoms with Crippen LogP contribution in [0.4, 0.5) is 0 Å². The zero-order valence-corrected chi connectivity index (χ0v) is 17.9. The molecular weight excluding hydrogens is 308 g/mol. The van der Waals surface area contributed by atoms with Gasteiger partial charge in [0.05, 0.1) is 5.97 Å². The third-order valence-electron chi connectivity index (χ3n) is 4.60. The molecule has 0 aromatic heterocycles. The zero-order valence-electron chi connectivity index (χ0n) is 16.9. The largest absolute Gasteiger partial charge is 1.00 e. The normalized spacial score (nSPS) is 43.6. The molecule has 0 radical (unpaired) electrons. The van der Waals surface area contributed by atoms with Crippen molar-refractivity contribution in [2.45, 2.75) is 46.3 Å². The number of carbonyl (C=O) groups is 2. The van der Waals surface area contributed by atoms with E-state index in [4.69, 9.17) is 4.17 Å². The van der Waals surface area contributed by atoms with Crippen LogP contribution in [0.15, 0.2) is 0 Å². The van der Waals surface area contributed by atoms with E-state index in [1.165, 1.54) is 0 Å². The molecule has 2 rings (SSSR count). The number of aliphatic carboxylic acids is 2. The second-order valence-corrected chi connectivity index (χ2v) is 7.22. The van der Waals surface area contributed by atoms with Gasteiger partial charge in [-0.15, -0.1) is 0 Å². The van der Waals surface area contributed by atoms with Gasteiger partial charge >= 0.3 is 59.1 Å². The van der Waals surface area contributed by atoms with Crippen LogP contribution in [-0.2, 0) is 9.59 Å². The molecule has 2 aliphatic rings. The summed E-state index contributed by atoms with van der Waals surface area (Å²) >= 11 is 0. The monoisotopic (exact) mass is 332 g/mol. The summed E-state index contributed by atoms with van der Waals surface area (Å²) in [6.45, 7) is 2.20. The molecule has 4 atom stereocenters. The second kappa shape index (κ2) is 7.40. The zero-order chi connectivity index (χ0) is 17.8. The van der Waals surface area contributed by atoms with Crippen molar-refractivity contribution < 1.29 is 86.8 Å². The van der Waals surface area contributed by atoms with Crippen molar-refractivity contribution in [3.8, 4) is 0 Å². The molecule has 22 heavy (non-hydrogen) atoms. The predicted octanol–water partition coefficient (Wildman–Crippen LogP) is -7.67. The van der Waals surface area contributed by atoms with Crippen LogP contribution in [0.1, 0.15) is 42.8 Å². The van der Waals surface area contributed by atoms with E-state index in [-0.39, 0.29) is 78.5 Å².